The molecule has 4 rings (SSSR count). The summed E-state index contributed by atoms with van der Waals surface area (Å²) in [6, 6.07) is 15.3. The molecule has 38 heavy (non-hydrogen) atoms. The highest BCUT2D eigenvalue weighted by atomic mass is 16.6. The zero-order chi connectivity index (χ0) is 27.4. The van der Waals surface area contributed by atoms with Crippen LogP contribution in [0.1, 0.15) is 21.5 Å². The monoisotopic (exact) mass is 517 g/mol. The van der Waals surface area contributed by atoms with Crippen LogP contribution in [0.5, 0.6) is 11.5 Å². The summed E-state index contributed by atoms with van der Waals surface area (Å²) in [7, 11) is 1.30. The predicted molar refractivity (Wildman–Crippen MR) is 133 cm³/mol. The Morgan fingerprint density at radius 2 is 1.82 bits per heavy atom. The van der Waals surface area contributed by atoms with Crippen LogP contribution in [0.2, 0.25) is 0 Å². The van der Waals surface area contributed by atoms with Crippen molar-refractivity contribution < 1.29 is 38.7 Å². The summed E-state index contributed by atoms with van der Waals surface area (Å²) >= 11 is 0. The number of carbonyl (C=O) groups is 4. The minimum atomic E-state index is -1.35. The number of urea groups is 1. The molecule has 0 aromatic heterocycles. The highest BCUT2D eigenvalue weighted by Gasteiger charge is 2.37. The molecular weight excluding hydrogens is 498 g/mol. The summed E-state index contributed by atoms with van der Waals surface area (Å²) in [4.78, 5) is 61.2. The molecule has 4 amide bonds. The van der Waals surface area contributed by atoms with Crippen LogP contribution in [-0.2, 0) is 16.2 Å². The van der Waals surface area contributed by atoms with Crippen LogP contribution in [-0.4, -0.2) is 41.0 Å². The zero-order valence-electron chi connectivity index (χ0n) is 19.7. The Bertz CT molecular complexity index is 1500. The number of rotatable bonds is 8. The van der Waals surface area contributed by atoms with E-state index in [0.29, 0.717) is 4.90 Å². The number of hydrogen-bond acceptors (Lipinski definition) is 8. The van der Waals surface area contributed by atoms with E-state index in [2.05, 4.69) is 0 Å². The van der Waals surface area contributed by atoms with Crippen molar-refractivity contribution in [2.75, 3.05) is 12.0 Å². The van der Waals surface area contributed by atoms with Crippen LogP contribution in [0.15, 0.2) is 72.3 Å². The highest BCUT2D eigenvalue weighted by Crippen LogP contribution is 2.35. The number of nitro benzene ring substituents is 1. The van der Waals surface area contributed by atoms with Gasteiger partial charge in [-0.1, -0.05) is 36.4 Å². The molecule has 0 unspecified atom stereocenters. The number of benzene rings is 3. The van der Waals surface area contributed by atoms with Gasteiger partial charge in [-0.05, 0) is 35.4 Å². The van der Waals surface area contributed by atoms with Crippen molar-refractivity contribution in [3.63, 3.8) is 0 Å². The summed E-state index contributed by atoms with van der Waals surface area (Å²) in [6.45, 7) is 0.0547. The van der Waals surface area contributed by atoms with Gasteiger partial charge < -0.3 is 14.6 Å². The molecule has 0 saturated carbocycles. The van der Waals surface area contributed by atoms with E-state index in [4.69, 9.17) is 9.47 Å². The maximum atomic E-state index is 13.2. The van der Waals surface area contributed by atoms with E-state index >= 15 is 0 Å². The number of carbonyl (C=O) groups excluding carboxylic acids is 3. The molecule has 0 atom stereocenters. The van der Waals surface area contributed by atoms with Crippen molar-refractivity contribution in [2.24, 2.45) is 0 Å². The van der Waals surface area contributed by atoms with E-state index in [1.807, 2.05) is 11.4 Å². The van der Waals surface area contributed by atoms with Gasteiger partial charge >= 0.3 is 12.0 Å². The number of ether oxygens (including phenoxy) is 2. The molecule has 1 aliphatic heterocycles. The van der Waals surface area contributed by atoms with Crippen molar-refractivity contribution in [3.05, 3.63) is 99.1 Å². The number of barbiturate groups is 1. The molecule has 2 N–H and O–H groups in total. The lowest BCUT2D eigenvalue weighted by Gasteiger charge is -2.26. The first kappa shape index (κ1) is 25.6. The lowest BCUT2D eigenvalue weighted by atomic mass is 10.0. The van der Waals surface area contributed by atoms with Gasteiger partial charge in [-0.2, -0.15) is 0 Å². The number of anilines is 1. The Balaban J connectivity index is 1.72. The van der Waals surface area contributed by atoms with Gasteiger partial charge in [-0.15, -0.1) is 0 Å². The topological polar surface area (TPSA) is 165 Å². The second-order valence-electron chi connectivity index (χ2n) is 7.91. The maximum absolute atomic E-state index is 13.2. The Morgan fingerprint density at radius 1 is 1.08 bits per heavy atom. The zero-order valence-corrected chi connectivity index (χ0v) is 19.7. The molecule has 12 nitrogen and oxygen atoms in total. The number of amides is 4. The summed E-state index contributed by atoms with van der Waals surface area (Å²) in [6.07, 6.45) is 1.09. The fourth-order valence-electron chi connectivity index (χ4n) is 3.70. The molecule has 0 radical (unpaired) electrons. The van der Waals surface area contributed by atoms with Gasteiger partial charge in [0.2, 0.25) is 0 Å². The van der Waals surface area contributed by atoms with Crippen LogP contribution >= 0.6 is 0 Å². The Kier molecular flexibility index (Phi) is 7.15. The molecule has 1 aliphatic rings. The van der Waals surface area contributed by atoms with E-state index in [9.17, 15) is 34.4 Å². The van der Waals surface area contributed by atoms with Crippen LogP contribution in [0.4, 0.5) is 16.2 Å². The number of imide groups is 2. The number of hydrogen-bond donors (Lipinski definition) is 2. The first-order chi connectivity index (χ1) is 18.2. The van der Waals surface area contributed by atoms with Gasteiger partial charge in [0.15, 0.2) is 11.5 Å². The minimum Gasteiger partial charge on any atom is -0.493 e. The van der Waals surface area contributed by atoms with Crippen molar-refractivity contribution in [2.45, 2.75) is 6.61 Å². The largest absolute Gasteiger partial charge is 0.493 e. The number of carboxylic acids is 1. The highest BCUT2D eigenvalue weighted by molar-refractivity contribution is 6.39. The number of nitrogens with one attached hydrogen (secondary N) is 1. The molecule has 0 aliphatic carbocycles. The third-order valence-corrected chi connectivity index (χ3v) is 5.46. The fourth-order valence-corrected chi connectivity index (χ4v) is 3.70. The Labute approximate surface area is 214 Å². The molecule has 0 spiro atoms. The smallest absolute Gasteiger partial charge is 0.339 e. The molecule has 1 saturated heterocycles. The van der Waals surface area contributed by atoms with Crippen molar-refractivity contribution in [1.82, 2.24) is 5.32 Å². The number of aromatic carboxylic acids is 1. The molecule has 1 heterocycles. The van der Waals surface area contributed by atoms with Crippen molar-refractivity contribution in [1.29, 1.82) is 0 Å². The quantitative estimate of drug-likeness (QED) is 0.197. The van der Waals surface area contributed by atoms with Crippen LogP contribution in [0.3, 0.4) is 0 Å². The summed E-state index contributed by atoms with van der Waals surface area (Å²) < 4.78 is 11.1. The molecule has 192 valence electrons. The first-order valence-corrected chi connectivity index (χ1v) is 11.0. The van der Waals surface area contributed by atoms with E-state index in [1.165, 1.54) is 37.4 Å². The van der Waals surface area contributed by atoms with E-state index < -0.39 is 34.3 Å². The maximum Gasteiger partial charge on any atom is 0.339 e. The summed E-state index contributed by atoms with van der Waals surface area (Å²) in [5.74, 6) is -3.46. The summed E-state index contributed by atoms with van der Waals surface area (Å²) in [5, 5.41) is 22.9. The van der Waals surface area contributed by atoms with Gasteiger partial charge in [0.1, 0.15) is 17.7 Å². The lowest BCUT2D eigenvalue weighted by molar-refractivity contribution is -0.384. The molecule has 3 aromatic carbocycles. The average molecular weight is 517 g/mol. The fraction of sp³-hybridized carbons (Fsp3) is 0.0769. The molecule has 1 fully saturated rings. The Hall–Kier alpha value is -5.52. The molecule has 3 aromatic rings. The van der Waals surface area contributed by atoms with E-state index in [0.717, 1.165) is 17.7 Å². The van der Waals surface area contributed by atoms with Gasteiger partial charge in [-0.25, -0.2) is 14.5 Å². The standard InChI is InChI=1S/C26H19N3O9/c1-37-21-12-16(10-19(25(32)33)22(21)38-14-15-6-3-2-4-7-15)11-20-23(30)27-26(34)28(24(20)31)17-8-5-9-18(13-17)29(35)36/h2-13H,14H2,1H3,(H,32,33)(H,27,30,34). The van der Waals surface area contributed by atoms with E-state index in [1.54, 1.807) is 24.3 Å². The van der Waals surface area contributed by atoms with Gasteiger partial charge in [0, 0.05) is 12.1 Å². The van der Waals surface area contributed by atoms with Gasteiger partial charge in [0.25, 0.3) is 17.5 Å². The van der Waals surface area contributed by atoms with Gasteiger partial charge in [-0.3, -0.25) is 25.0 Å². The van der Waals surface area contributed by atoms with Crippen molar-refractivity contribution >= 4 is 41.3 Å². The second kappa shape index (κ2) is 10.6. The van der Waals surface area contributed by atoms with Crippen LogP contribution in [0, 0.1) is 10.1 Å². The molecule has 12 heteroatoms. The minimum absolute atomic E-state index is 0.0305. The third kappa shape index (κ3) is 5.18. The SMILES string of the molecule is COc1cc(C=C2C(=O)NC(=O)N(c3cccc([N+](=O)[O-])c3)C2=O)cc(C(=O)O)c1OCc1ccccc1. The predicted octanol–water partition coefficient (Wildman–Crippen LogP) is 3.55. The number of carboxylic acid groups (broad SMARTS) is 1. The Morgan fingerprint density at radius 3 is 2.47 bits per heavy atom. The average Bonchev–Trinajstić information content (AvgIpc) is 2.90. The number of nitro groups is 1. The van der Waals surface area contributed by atoms with Crippen molar-refractivity contribution in [3.8, 4) is 11.5 Å². The van der Waals surface area contributed by atoms with E-state index in [-0.39, 0.29) is 40.6 Å². The first-order valence-electron chi connectivity index (χ1n) is 11.0. The molecular formula is C26H19N3O9. The number of non-ortho nitro benzene ring substituents is 1. The van der Waals surface area contributed by atoms with Crippen LogP contribution in [0.25, 0.3) is 6.08 Å². The van der Waals surface area contributed by atoms with Gasteiger partial charge in [0.05, 0.1) is 17.7 Å². The summed E-state index contributed by atoms with van der Waals surface area (Å²) in [5.41, 5.74) is -0.415. The number of methoxy groups -OCH3 is 1. The second-order valence-corrected chi connectivity index (χ2v) is 7.91. The lowest BCUT2D eigenvalue weighted by Crippen LogP contribution is -2.54. The van der Waals surface area contributed by atoms with Crippen LogP contribution < -0.4 is 19.7 Å². The number of nitrogens with zero attached hydrogens (tertiary/aromatic N) is 2. The third-order valence-electron chi connectivity index (χ3n) is 5.46. The normalized spacial score (nSPS) is 14.3. The molecule has 0 bridgehead atoms.